The Bertz CT molecular complexity index is 1660. The number of amides is 2. The second-order valence-corrected chi connectivity index (χ2v) is 14.0. The summed E-state index contributed by atoms with van der Waals surface area (Å²) in [6.07, 6.45) is 3.77. The van der Waals surface area contributed by atoms with Crippen molar-refractivity contribution >= 4 is 82.8 Å². The molecule has 0 saturated heterocycles. The Morgan fingerprint density at radius 2 is 2.07 bits per heavy atom. The van der Waals surface area contributed by atoms with Crippen LogP contribution in [0.3, 0.4) is 0 Å². The van der Waals surface area contributed by atoms with Crippen LogP contribution in [0, 0.1) is 0 Å². The SMILES string of the molecule is CCO/N=C(\C(=O)NC(C(N)=O)C1NC(C(=O)[O-])=C(Sc2nc(-c3cc[n+](C)cc3)cs2)CS1)c1nsc(NP(=O)(O)O)n1. The highest BCUT2D eigenvalue weighted by Gasteiger charge is 2.35. The molecule has 234 valence electrons. The largest absolute Gasteiger partial charge is 0.543 e. The Kier molecular flexibility index (Phi) is 10.9. The standard InChI is InChI=1S/C22H24N9O8PS4/c1-3-39-28-15(17-27-21(44-30-17)29-40(36,37)38)18(33)25-14(16(23)32)19-26-13(20(34)35)12(9-41-19)43-22-24-11(8-42-22)10-4-6-31(2)7-5-10/h4-8,14,19,26H,3,9H2,1-2H3,(H6-,23,25,27,29,30,32,33,34,35,36,37,38)/b28-15-. The fraction of sp³-hybridized carbons (Fsp3) is 0.273. The predicted octanol–water partition coefficient (Wildman–Crippen LogP) is -0.882. The molecule has 0 aliphatic carbocycles. The molecule has 3 aromatic rings. The van der Waals surface area contributed by atoms with E-state index in [-0.39, 0.29) is 29.0 Å². The van der Waals surface area contributed by atoms with Gasteiger partial charge in [0.15, 0.2) is 16.7 Å². The molecule has 0 aromatic carbocycles. The number of aryl methyl sites for hydroxylation is 1. The van der Waals surface area contributed by atoms with Crippen LogP contribution in [0.2, 0.25) is 0 Å². The molecule has 4 rings (SSSR count). The Morgan fingerprint density at radius 1 is 1.34 bits per heavy atom. The highest BCUT2D eigenvalue weighted by atomic mass is 32.2. The molecule has 1 aliphatic rings. The van der Waals surface area contributed by atoms with Gasteiger partial charge in [-0.05, 0) is 6.92 Å². The van der Waals surface area contributed by atoms with Gasteiger partial charge in [0.05, 0.1) is 17.4 Å². The molecule has 3 aromatic heterocycles. The summed E-state index contributed by atoms with van der Waals surface area (Å²) in [4.78, 5) is 69.7. The maximum Gasteiger partial charge on any atom is 0.429 e. The Hall–Kier alpha value is -3.59. The van der Waals surface area contributed by atoms with Gasteiger partial charge in [0, 0.05) is 45.3 Å². The maximum atomic E-state index is 13.2. The van der Waals surface area contributed by atoms with Gasteiger partial charge in [0.1, 0.15) is 25.1 Å². The number of oxime groups is 1. The minimum absolute atomic E-state index is 0.0404. The van der Waals surface area contributed by atoms with Gasteiger partial charge < -0.3 is 40.9 Å². The molecule has 0 fully saturated rings. The summed E-state index contributed by atoms with van der Waals surface area (Å²) in [5.74, 6) is -3.79. The van der Waals surface area contributed by atoms with Crippen LogP contribution in [0.5, 0.6) is 0 Å². The Morgan fingerprint density at radius 3 is 2.70 bits per heavy atom. The lowest BCUT2D eigenvalue weighted by Crippen LogP contribution is -2.58. The molecule has 0 radical (unpaired) electrons. The number of carbonyl (C=O) groups is 3. The molecule has 44 heavy (non-hydrogen) atoms. The molecule has 22 heteroatoms. The summed E-state index contributed by atoms with van der Waals surface area (Å²) in [5.41, 5.74) is 6.38. The number of nitrogens with zero attached hydrogens (tertiary/aromatic N) is 5. The van der Waals surface area contributed by atoms with E-state index in [4.69, 9.17) is 20.4 Å². The summed E-state index contributed by atoms with van der Waals surface area (Å²) in [6, 6.07) is 2.35. The van der Waals surface area contributed by atoms with Gasteiger partial charge in [-0.3, -0.25) is 14.7 Å². The summed E-state index contributed by atoms with van der Waals surface area (Å²) in [7, 11) is -2.81. The molecule has 7 N–H and O–H groups in total. The number of primary amides is 1. The third-order valence-corrected chi connectivity index (χ3v) is 10.1. The van der Waals surface area contributed by atoms with E-state index in [0.717, 1.165) is 34.8 Å². The highest BCUT2D eigenvalue weighted by molar-refractivity contribution is 8.07. The van der Waals surface area contributed by atoms with E-state index in [0.29, 0.717) is 20.8 Å². The molecule has 0 spiro atoms. The number of thioether (sulfide) groups is 2. The number of aromatic nitrogens is 4. The van der Waals surface area contributed by atoms with Gasteiger partial charge in [-0.1, -0.05) is 16.9 Å². The lowest BCUT2D eigenvalue weighted by Gasteiger charge is -2.33. The lowest BCUT2D eigenvalue weighted by molar-refractivity contribution is -0.671. The highest BCUT2D eigenvalue weighted by Crippen LogP contribution is 2.38. The van der Waals surface area contributed by atoms with Crippen LogP contribution in [0.1, 0.15) is 12.7 Å². The van der Waals surface area contributed by atoms with Crippen LogP contribution < -0.4 is 31.1 Å². The first-order chi connectivity index (χ1) is 20.8. The van der Waals surface area contributed by atoms with Crippen LogP contribution in [0.4, 0.5) is 5.13 Å². The molecule has 4 heterocycles. The van der Waals surface area contributed by atoms with Crippen LogP contribution >= 0.6 is 54.1 Å². The Balaban J connectivity index is 1.51. The average molecular weight is 702 g/mol. The third-order valence-electron chi connectivity index (χ3n) is 5.41. The maximum absolute atomic E-state index is 13.2. The topological polar surface area (TPSA) is 258 Å². The van der Waals surface area contributed by atoms with Crippen molar-refractivity contribution in [2.75, 3.05) is 17.4 Å². The molecule has 1 aliphatic heterocycles. The molecule has 0 saturated carbocycles. The average Bonchev–Trinajstić information content (AvgIpc) is 3.61. The number of carboxylic acids is 1. The first-order valence-corrected chi connectivity index (χ1v) is 17.4. The zero-order valence-electron chi connectivity index (χ0n) is 22.7. The summed E-state index contributed by atoms with van der Waals surface area (Å²) >= 11 is 4.12. The molecular formula is C22H24N9O8PS4. The fourth-order valence-electron chi connectivity index (χ4n) is 3.46. The monoisotopic (exact) mass is 701 g/mol. The smallest absolute Gasteiger partial charge is 0.429 e. The van der Waals surface area contributed by atoms with E-state index < -0.39 is 42.7 Å². The number of carbonyl (C=O) groups excluding carboxylic acids is 3. The number of hydrogen-bond acceptors (Lipinski definition) is 15. The number of carboxylic acid groups (broad SMARTS) is 1. The van der Waals surface area contributed by atoms with Crippen LogP contribution in [-0.4, -0.2) is 71.4 Å². The van der Waals surface area contributed by atoms with E-state index in [2.05, 4.69) is 30.1 Å². The van der Waals surface area contributed by atoms with E-state index in [1.54, 1.807) is 6.92 Å². The number of rotatable bonds is 13. The third kappa shape index (κ3) is 8.74. The molecule has 2 amide bonds. The number of anilines is 1. The van der Waals surface area contributed by atoms with Crippen LogP contribution in [0.25, 0.3) is 11.3 Å². The summed E-state index contributed by atoms with van der Waals surface area (Å²) < 4.78 is 17.6. The minimum atomic E-state index is -4.71. The molecule has 0 bridgehead atoms. The number of nitrogens with one attached hydrogen (secondary N) is 3. The first-order valence-electron chi connectivity index (χ1n) is 12.2. The van der Waals surface area contributed by atoms with Crippen molar-refractivity contribution in [3.8, 4) is 11.3 Å². The van der Waals surface area contributed by atoms with Crippen molar-refractivity contribution in [1.82, 2.24) is 25.0 Å². The number of hydrogen-bond donors (Lipinski definition) is 6. The number of thiazole rings is 1. The molecular weight excluding hydrogens is 678 g/mol. The van der Waals surface area contributed by atoms with E-state index in [1.165, 1.54) is 11.3 Å². The van der Waals surface area contributed by atoms with E-state index in [9.17, 15) is 24.1 Å². The summed E-state index contributed by atoms with van der Waals surface area (Å²) in [5, 5.41) is 23.2. The van der Waals surface area contributed by atoms with Crippen molar-refractivity contribution in [1.29, 1.82) is 0 Å². The van der Waals surface area contributed by atoms with Crippen molar-refractivity contribution < 1.29 is 43.2 Å². The second-order valence-electron chi connectivity index (χ2n) is 8.60. The normalized spacial score (nSPS) is 16.2. The Labute approximate surface area is 265 Å². The number of aliphatic carboxylic acids is 1. The van der Waals surface area contributed by atoms with E-state index in [1.807, 2.05) is 46.6 Å². The van der Waals surface area contributed by atoms with Gasteiger partial charge in [-0.25, -0.2) is 14.1 Å². The van der Waals surface area contributed by atoms with Gasteiger partial charge >= 0.3 is 7.75 Å². The van der Waals surface area contributed by atoms with Gasteiger partial charge in [0.25, 0.3) is 5.91 Å². The van der Waals surface area contributed by atoms with Crippen LogP contribution in [-0.2, 0) is 30.8 Å². The minimum Gasteiger partial charge on any atom is -0.543 e. The second kappa shape index (κ2) is 14.5. The van der Waals surface area contributed by atoms with Crippen molar-refractivity contribution in [2.24, 2.45) is 17.9 Å². The summed E-state index contributed by atoms with van der Waals surface area (Å²) in [6.45, 7) is 1.62. The van der Waals surface area contributed by atoms with Gasteiger partial charge in [-0.2, -0.15) is 9.36 Å². The lowest BCUT2D eigenvalue weighted by atomic mass is 10.2. The number of pyridine rings is 1. The van der Waals surface area contributed by atoms with Crippen LogP contribution in [0.15, 0.2) is 50.0 Å². The predicted molar refractivity (Wildman–Crippen MR) is 161 cm³/mol. The molecule has 2 atom stereocenters. The fourth-order valence-corrected chi connectivity index (χ4v) is 8.00. The first kappa shape index (κ1) is 33.3. The zero-order chi connectivity index (χ0) is 32.0. The van der Waals surface area contributed by atoms with Gasteiger partial charge in [-0.15, -0.1) is 23.1 Å². The van der Waals surface area contributed by atoms with Crippen molar-refractivity contribution in [3.63, 3.8) is 0 Å². The van der Waals surface area contributed by atoms with Gasteiger partial charge in [0.2, 0.25) is 22.6 Å². The van der Waals surface area contributed by atoms with Crippen molar-refractivity contribution in [2.45, 2.75) is 22.7 Å². The van der Waals surface area contributed by atoms with E-state index >= 15 is 0 Å². The zero-order valence-corrected chi connectivity index (χ0v) is 26.9. The van der Waals surface area contributed by atoms with Crippen molar-refractivity contribution in [3.05, 3.63) is 46.3 Å². The molecule has 17 nitrogen and oxygen atoms in total. The quantitative estimate of drug-likeness (QED) is 0.0547. The number of nitrogens with two attached hydrogens (primary N) is 1. The molecule has 2 unspecified atom stereocenters.